The van der Waals surface area contributed by atoms with Gasteiger partial charge in [0, 0.05) is 17.0 Å². The molecule has 4 nitrogen and oxygen atoms in total. The van der Waals surface area contributed by atoms with E-state index < -0.39 is 0 Å². The zero-order valence-corrected chi connectivity index (χ0v) is 14.8. The molecule has 0 aliphatic rings. The predicted molar refractivity (Wildman–Crippen MR) is 99.0 cm³/mol. The molecule has 3 rings (SSSR count). The second-order valence-electron chi connectivity index (χ2n) is 5.41. The van der Waals surface area contributed by atoms with Crippen LogP contribution in [0, 0.1) is 0 Å². The van der Waals surface area contributed by atoms with Crippen molar-refractivity contribution in [3.63, 3.8) is 0 Å². The molecule has 5 heteroatoms. The van der Waals surface area contributed by atoms with Crippen LogP contribution in [-0.4, -0.2) is 27.6 Å². The van der Waals surface area contributed by atoms with E-state index in [4.69, 9.17) is 4.74 Å². The van der Waals surface area contributed by atoms with E-state index in [-0.39, 0.29) is 0 Å². The Balaban J connectivity index is 2.03. The number of benzene rings is 2. The average Bonchev–Trinajstić information content (AvgIpc) is 3.06. The van der Waals surface area contributed by atoms with Gasteiger partial charge in [-0.2, -0.15) is 0 Å². The van der Waals surface area contributed by atoms with Crippen LogP contribution < -0.4 is 4.74 Å². The van der Waals surface area contributed by atoms with Gasteiger partial charge < -0.3 is 4.74 Å². The van der Waals surface area contributed by atoms with Crippen LogP contribution in [0.4, 0.5) is 0 Å². The zero-order chi connectivity index (χ0) is 16.8. The minimum Gasteiger partial charge on any atom is -0.497 e. The number of unbranched alkanes of at least 4 members (excludes halogenated alkanes) is 1. The summed E-state index contributed by atoms with van der Waals surface area (Å²) in [4.78, 5) is 0. The van der Waals surface area contributed by atoms with Gasteiger partial charge in [0.2, 0.25) is 0 Å². The third-order valence-electron chi connectivity index (χ3n) is 3.73. The number of rotatable bonds is 7. The topological polar surface area (TPSA) is 39.9 Å². The monoisotopic (exact) mass is 339 g/mol. The molecule has 0 aliphatic carbocycles. The van der Waals surface area contributed by atoms with E-state index in [1.165, 1.54) is 12.8 Å². The van der Waals surface area contributed by atoms with E-state index in [9.17, 15) is 0 Å². The van der Waals surface area contributed by atoms with E-state index in [0.29, 0.717) is 0 Å². The molecule has 2 aromatic carbocycles. The predicted octanol–water partition coefficient (Wildman–Crippen LogP) is 4.84. The van der Waals surface area contributed by atoms with Crippen LogP contribution in [0.15, 0.2) is 59.8 Å². The number of ether oxygens (including phenoxy) is 1. The van der Waals surface area contributed by atoms with E-state index >= 15 is 0 Å². The highest BCUT2D eigenvalue weighted by atomic mass is 32.2. The first kappa shape index (κ1) is 16.6. The molecule has 0 atom stereocenters. The van der Waals surface area contributed by atoms with Crippen LogP contribution in [0.5, 0.6) is 5.75 Å². The lowest BCUT2D eigenvalue weighted by Crippen LogP contribution is -2.00. The molecule has 0 saturated carbocycles. The lowest BCUT2D eigenvalue weighted by molar-refractivity contribution is 0.414. The number of hydrogen-bond acceptors (Lipinski definition) is 4. The molecule has 0 spiro atoms. The summed E-state index contributed by atoms with van der Waals surface area (Å²) in [6.07, 6.45) is 2.34. The van der Waals surface area contributed by atoms with Gasteiger partial charge in [0.1, 0.15) is 5.75 Å². The second-order valence-corrected chi connectivity index (χ2v) is 6.47. The summed E-state index contributed by atoms with van der Waals surface area (Å²) in [5.41, 5.74) is 2.10. The van der Waals surface area contributed by atoms with Gasteiger partial charge in [-0.15, -0.1) is 10.2 Å². The summed E-state index contributed by atoms with van der Waals surface area (Å²) < 4.78 is 7.39. The smallest absolute Gasteiger partial charge is 0.196 e. The maximum Gasteiger partial charge on any atom is 0.196 e. The Morgan fingerprint density at radius 1 is 1.00 bits per heavy atom. The number of nitrogens with zero attached hydrogens (tertiary/aromatic N) is 3. The van der Waals surface area contributed by atoms with Gasteiger partial charge in [0.05, 0.1) is 7.11 Å². The van der Waals surface area contributed by atoms with Crippen molar-refractivity contribution in [2.75, 3.05) is 12.9 Å². The second kappa shape index (κ2) is 8.02. The number of thioether (sulfide) groups is 1. The van der Waals surface area contributed by atoms with Crippen LogP contribution in [-0.2, 0) is 0 Å². The number of hydrogen-bond donors (Lipinski definition) is 0. The van der Waals surface area contributed by atoms with Crippen molar-refractivity contribution in [3.8, 4) is 22.8 Å². The minimum atomic E-state index is 0.841. The fourth-order valence-corrected chi connectivity index (χ4v) is 3.44. The van der Waals surface area contributed by atoms with E-state index in [2.05, 4.69) is 33.8 Å². The molecule has 0 fully saturated rings. The Morgan fingerprint density at radius 2 is 1.75 bits per heavy atom. The van der Waals surface area contributed by atoms with Gasteiger partial charge >= 0.3 is 0 Å². The third-order valence-corrected chi connectivity index (χ3v) is 4.74. The fourth-order valence-electron chi connectivity index (χ4n) is 2.41. The molecule has 0 unspecified atom stereocenters. The molecule has 124 valence electrons. The molecule has 0 bridgehead atoms. The van der Waals surface area contributed by atoms with Crippen molar-refractivity contribution in [2.24, 2.45) is 0 Å². The molecule has 0 aliphatic heterocycles. The van der Waals surface area contributed by atoms with Gasteiger partial charge in [-0.1, -0.05) is 55.4 Å². The molecular weight excluding hydrogens is 318 g/mol. The Bertz CT molecular complexity index is 769. The normalized spacial score (nSPS) is 10.8. The van der Waals surface area contributed by atoms with E-state index in [1.807, 2.05) is 42.5 Å². The van der Waals surface area contributed by atoms with E-state index in [1.54, 1.807) is 18.9 Å². The first-order chi connectivity index (χ1) is 11.8. The largest absolute Gasteiger partial charge is 0.497 e. The van der Waals surface area contributed by atoms with Crippen LogP contribution >= 0.6 is 11.8 Å². The molecule has 1 aromatic heterocycles. The third kappa shape index (κ3) is 3.62. The van der Waals surface area contributed by atoms with Gasteiger partial charge in [-0.3, -0.25) is 4.57 Å². The minimum absolute atomic E-state index is 0.841. The summed E-state index contributed by atoms with van der Waals surface area (Å²) in [5, 5.41) is 9.80. The van der Waals surface area contributed by atoms with Gasteiger partial charge in [0.25, 0.3) is 0 Å². The lowest BCUT2D eigenvalue weighted by atomic mass is 10.2. The molecule has 0 radical (unpaired) electrons. The summed E-state index contributed by atoms with van der Waals surface area (Å²) in [7, 11) is 1.68. The summed E-state index contributed by atoms with van der Waals surface area (Å²) in [6.45, 7) is 2.20. The quantitative estimate of drug-likeness (QED) is 0.456. The number of methoxy groups -OCH3 is 1. The Hall–Kier alpha value is -2.27. The van der Waals surface area contributed by atoms with Gasteiger partial charge in [-0.25, -0.2) is 0 Å². The maximum absolute atomic E-state index is 5.27. The Kier molecular flexibility index (Phi) is 5.54. The van der Waals surface area contributed by atoms with Crippen molar-refractivity contribution in [1.82, 2.24) is 14.8 Å². The molecule has 3 aromatic rings. The molecule has 24 heavy (non-hydrogen) atoms. The highest BCUT2D eigenvalue weighted by molar-refractivity contribution is 7.99. The lowest BCUT2D eigenvalue weighted by Gasteiger charge is -2.11. The zero-order valence-electron chi connectivity index (χ0n) is 14.0. The van der Waals surface area contributed by atoms with Crippen molar-refractivity contribution >= 4 is 11.8 Å². The van der Waals surface area contributed by atoms with Crippen molar-refractivity contribution in [1.29, 1.82) is 0 Å². The maximum atomic E-state index is 5.27. The average molecular weight is 339 g/mol. The summed E-state index contributed by atoms with van der Waals surface area (Å²) in [5.74, 6) is 2.74. The fraction of sp³-hybridized carbons (Fsp3) is 0.263. The van der Waals surface area contributed by atoms with Crippen molar-refractivity contribution in [2.45, 2.75) is 24.9 Å². The molecule has 1 heterocycles. The highest BCUT2D eigenvalue weighted by Gasteiger charge is 2.15. The van der Waals surface area contributed by atoms with Crippen LogP contribution in [0.2, 0.25) is 0 Å². The van der Waals surface area contributed by atoms with Crippen molar-refractivity contribution < 1.29 is 4.74 Å². The van der Waals surface area contributed by atoms with E-state index in [0.717, 1.165) is 33.7 Å². The highest BCUT2D eigenvalue weighted by Crippen LogP contribution is 2.29. The SMILES string of the molecule is CCCCSc1nnc(-c2ccccc2)n1-c1ccc(OC)cc1. The van der Waals surface area contributed by atoms with Crippen LogP contribution in [0.1, 0.15) is 19.8 Å². The summed E-state index contributed by atoms with van der Waals surface area (Å²) >= 11 is 1.75. The first-order valence-corrected chi connectivity index (χ1v) is 9.10. The first-order valence-electron chi connectivity index (χ1n) is 8.11. The molecule has 0 saturated heterocycles. The van der Waals surface area contributed by atoms with Crippen LogP contribution in [0.3, 0.4) is 0 Å². The molecular formula is C19H21N3OS. The number of aromatic nitrogens is 3. The van der Waals surface area contributed by atoms with Crippen LogP contribution in [0.25, 0.3) is 17.1 Å². The van der Waals surface area contributed by atoms with Gasteiger partial charge in [0.15, 0.2) is 11.0 Å². The summed E-state index contributed by atoms with van der Waals surface area (Å²) in [6, 6.07) is 18.2. The van der Waals surface area contributed by atoms with Crippen molar-refractivity contribution in [3.05, 3.63) is 54.6 Å². The van der Waals surface area contributed by atoms with Gasteiger partial charge in [-0.05, 0) is 30.7 Å². The Labute approximate surface area is 146 Å². The molecule has 0 N–H and O–H groups in total. The standard InChI is InChI=1S/C19H21N3OS/c1-3-4-14-24-19-21-20-18(15-8-6-5-7-9-15)22(19)16-10-12-17(23-2)13-11-16/h5-13H,3-4,14H2,1-2H3. The Morgan fingerprint density at radius 3 is 2.42 bits per heavy atom. The molecule has 0 amide bonds.